The Kier molecular flexibility index (Phi) is 9.63. The zero-order chi connectivity index (χ0) is 15.7. The van der Waals surface area contributed by atoms with Gasteiger partial charge in [0, 0.05) is 0 Å². The predicted molar refractivity (Wildman–Crippen MR) is 89.9 cm³/mol. The van der Waals surface area contributed by atoms with E-state index < -0.39 is 15.3 Å². The van der Waals surface area contributed by atoms with Crippen molar-refractivity contribution in [2.45, 2.75) is 41.2 Å². The van der Waals surface area contributed by atoms with Gasteiger partial charge in [0.05, 0.1) is 0 Å². The Morgan fingerprint density at radius 1 is 1.05 bits per heavy atom. The van der Waals surface area contributed by atoms with Gasteiger partial charge in [-0.25, -0.2) is 0 Å². The van der Waals surface area contributed by atoms with E-state index in [-0.39, 0.29) is 0 Å². The molecule has 0 aliphatic heterocycles. The second kappa shape index (κ2) is 8.74. The fraction of sp³-hybridized carbons (Fsp3) is 0.529. The molecular weight excluding hydrogens is 266 g/mol. The summed E-state index contributed by atoms with van der Waals surface area (Å²) in [6.07, 6.45) is 7.99. The first kappa shape index (κ1) is 20.9. The van der Waals surface area contributed by atoms with Crippen LogP contribution in [0.25, 0.3) is 0 Å². The van der Waals surface area contributed by atoms with Gasteiger partial charge in [0.15, 0.2) is 0 Å². The average Bonchev–Trinajstić information content (AvgIpc) is 2.70. The Bertz CT molecular complexity index is 343. The molecule has 1 nitrogen and oxygen atoms in total. The fourth-order valence-corrected chi connectivity index (χ4v) is 3.84. The third-order valence-corrected chi connectivity index (χ3v) is 7.37. The van der Waals surface area contributed by atoms with Crippen molar-refractivity contribution in [3.63, 3.8) is 0 Å². The molecule has 0 spiro atoms. The van der Waals surface area contributed by atoms with E-state index in [4.69, 9.17) is 0 Å². The molecule has 0 unspecified atom stereocenters. The van der Waals surface area contributed by atoms with Crippen LogP contribution in [-0.2, 0) is 15.3 Å². The maximum atomic E-state index is 3.66. The summed E-state index contributed by atoms with van der Waals surface area (Å²) in [5.74, 6) is 0. The van der Waals surface area contributed by atoms with Gasteiger partial charge >= 0.3 is 64.7 Å². The van der Waals surface area contributed by atoms with Crippen molar-refractivity contribution in [3.05, 3.63) is 46.4 Å². The van der Waals surface area contributed by atoms with Crippen molar-refractivity contribution in [3.8, 4) is 0 Å². The third kappa shape index (κ3) is 12.4. The van der Waals surface area contributed by atoms with E-state index in [9.17, 15) is 0 Å². The summed E-state index contributed by atoms with van der Waals surface area (Å²) in [5, 5.41) is 12.6. The van der Waals surface area contributed by atoms with Crippen molar-refractivity contribution < 1.29 is 15.3 Å². The van der Waals surface area contributed by atoms with Crippen molar-refractivity contribution in [1.82, 2.24) is 5.32 Å². The van der Waals surface area contributed by atoms with E-state index in [0.29, 0.717) is 0 Å². The standard InChI is InChI=1S/C6H10.C5H5.C2H7N.4CH3.Ti/c1-5(2)6(3)4;1-2-4-5-3-1;1-3-2;;;;;/h1,3H2,2,4H3;1-3H,4H2;3H,1-2H3;4*1H3;. The minimum atomic E-state index is -2.02. The van der Waals surface area contributed by atoms with Gasteiger partial charge in [0.2, 0.25) is 0 Å². The van der Waals surface area contributed by atoms with E-state index >= 15 is 0 Å². The Labute approximate surface area is 122 Å². The summed E-state index contributed by atoms with van der Waals surface area (Å²) in [6, 6.07) is 0. The molecule has 0 atom stereocenters. The zero-order valence-electron chi connectivity index (χ0n) is 14.4. The van der Waals surface area contributed by atoms with Gasteiger partial charge in [-0.2, -0.15) is 0 Å². The molecule has 0 bridgehead atoms. The molecule has 0 heterocycles. The van der Waals surface area contributed by atoms with E-state index in [0.717, 1.165) is 11.1 Å². The summed E-state index contributed by atoms with van der Waals surface area (Å²) >= 11 is -2.02. The van der Waals surface area contributed by atoms with E-state index in [2.05, 4.69) is 57.6 Å². The van der Waals surface area contributed by atoms with Gasteiger partial charge in [0.1, 0.15) is 0 Å². The molecule has 1 rings (SSSR count). The van der Waals surface area contributed by atoms with Crippen LogP contribution in [0.3, 0.4) is 0 Å². The van der Waals surface area contributed by atoms with Gasteiger partial charge < -0.3 is 5.32 Å². The first-order chi connectivity index (χ1) is 8.42. The molecule has 0 aromatic carbocycles. The molecule has 0 aromatic heterocycles. The summed E-state index contributed by atoms with van der Waals surface area (Å²) in [4.78, 5) is 0. The van der Waals surface area contributed by atoms with Gasteiger partial charge in [-0.05, 0) is 27.9 Å². The molecule has 2 heteroatoms. The molecule has 111 valence electrons. The van der Waals surface area contributed by atoms with Crippen molar-refractivity contribution >= 4 is 0 Å². The molecule has 19 heavy (non-hydrogen) atoms. The molecule has 0 saturated carbocycles. The number of hydrogen-bond acceptors (Lipinski definition) is 1. The Hall–Kier alpha value is -0.366. The van der Waals surface area contributed by atoms with Gasteiger partial charge in [0.25, 0.3) is 0 Å². The van der Waals surface area contributed by atoms with Crippen LogP contribution in [-0.4, -0.2) is 14.1 Å². The third-order valence-electron chi connectivity index (χ3n) is 2.78. The molecule has 1 N–H and O–H groups in total. The topological polar surface area (TPSA) is 12.0 Å². The molecule has 0 aromatic rings. The second-order valence-corrected chi connectivity index (χ2v) is 20.9. The van der Waals surface area contributed by atoms with Gasteiger partial charge in [-0.15, -0.1) is 0 Å². The molecular formula is C17H34NTi. The number of hydrogen-bond donors (Lipinski definition) is 1. The van der Waals surface area contributed by atoms with Gasteiger partial charge in [-0.1, -0.05) is 24.3 Å². The summed E-state index contributed by atoms with van der Waals surface area (Å²) < 4.78 is 1.72. The van der Waals surface area contributed by atoms with Crippen molar-refractivity contribution in [2.24, 2.45) is 0 Å². The van der Waals surface area contributed by atoms with E-state index in [1.165, 1.54) is 6.42 Å². The van der Waals surface area contributed by atoms with Crippen LogP contribution in [0.4, 0.5) is 0 Å². The van der Waals surface area contributed by atoms with Crippen LogP contribution in [0.1, 0.15) is 20.3 Å². The summed E-state index contributed by atoms with van der Waals surface area (Å²) in [5.41, 5.74) is 2.13. The summed E-state index contributed by atoms with van der Waals surface area (Å²) in [6.45, 7) is 11.2. The Morgan fingerprint density at radius 2 is 1.42 bits per heavy atom. The fourth-order valence-electron chi connectivity index (χ4n) is 1.19. The molecule has 0 fully saturated rings. The quantitative estimate of drug-likeness (QED) is 0.510. The Balaban J connectivity index is 0. The first-order valence-corrected chi connectivity index (χ1v) is 14.0. The van der Waals surface area contributed by atoms with Crippen LogP contribution in [0.5, 0.6) is 0 Å². The number of rotatable bonds is 2. The molecule has 1 aliphatic carbocycles. The second-order valence-electron chi connectivity index (χ2n) is 7.38. The van der Waals surface area contributed by atoms with Crippen molar-refractivity contribution in [1.29, 1.82) is 0 Å². The van der Waals surface area contributed by atoms with Gasteiger partial charge in [-0.3, -0.25) is 0 Å². The van der Waals surface area contributed by atoms with E-state index in [1.54, 1.807) is 3.88 Å². The number of allylic oxidation sites excluding steroid dienone is 6. The zero-order valence-corrected chi connectivity index (χ0v) is 15.9. The molecule has 0 amide bonds. The molecule has 1 aliphatic rings. The van der Waals surface area contributed by atoms with Crippen LogP contribution in [0, 0.1) is 0 Å². The molecule has 0 saturated heterocycles. The normalized spacial score (nSPS) is 14.9. The van der Waals surface area contributed by atoms with Crippen molar-refractivity contribution in [2.75, 3.05) is 14.1 Å². The average molecular weight is 300 g/mol. The van der Waals surface area contributed by atoms with Crippen LogP contribution in [0.15, 0.2) is 46.4 Å². The van der Waals surface area contributed by atoms with Crippen LogP contribution in [0.2, 0.25) is 20.9 Å². The van der Waals surface area contributed by atoms with Crippen LogP contribution < -0.4 is 5.32 Å². The first-order valence-electron chi connectivity index (χ1n) is 6.92. The summed E-state index contributed by atoms with van der Waals surface area (Å²) in [7, 11) is 3.75. The Morgan fingerprint density at radius 3 is 1.53 bits per heavy atom. The minimum absolute atomic E-state index is 1.06. The monoisotopic (exact) mass is 300 g/mol. The van der Waals surface area contributed by atoms with Crippen LogP contribution >= 0.6 is 0 Å². The van der Waals surface area contributed by atoms with E-state index in [1.807, 2.05) is 27.9 Å². The maximum absolute atomic E-state index is 3.66. The molecule has 0 radical (unpaired) electrons. The predicted octanol–water partition coefficient (Wildman–Crippen LogP) is 5.69. The SMILES string of the molecule is C=C(C)C(=C)C.CNC.[CH3][Ti]([CH3])([CH3])([CH3])[C]1=CC=CC1. The number of nitrogens with one attached hydrogen (secondary N) is 1.